The molecule has 1 unspecified atom stereocenters. The first-order chi connectivity index (χ1) is 28.2. The molecule has 1 atom stereocenters. The van der Waals surface area contributed by atoms with Gasteiger partial charge >= 0.3 is 0 Å². The highest BCUT2D eigenvalue weighted by Crippen LogP contribution is 2.46. The molecule has 1 aliphatic carbocycles. The van der Waals surface area contributed by atoms with Crippen molar-refractivity contribution in [2.24, 2.45) is 0 Å². The number of fused-ring (bicyclic) bond motifs is 3. The number of rotatable bonds is 6. The van der Waals surface area contributed by atoms with Gasteiger partial charge in [-0.1, -0.05) is 179 Å². The zero-order valence-electron chi connectivity index (χ0n) is 34.0. The van der Waals surface area contributed by atoms with E-state index in [1.807, 2.05) is 11.8 Å². The molecule has 0 bridgehead atoms. The maximum atomic E-state index is 4.58. The van der Waals surface area contributed by atoms with E-state index in [-0.39, 0.29) is 5.41 Å². The lowest BCUT2D eigenvalue weighted by Crippen LogP contribution is -2.18. The van der Waals surface area contributed by atoms with Crippen molar-refractivity contribution in [2.45, 2.75) is 57.6 Å². The quantitative estimate of drug-likeness (QED) is 0.123. The van der Waals surface area contributed by atoms with Crippen LogP contribution in [0.15, 0.2) is 186 Å². The Hall–Kier alpha value is -6.01. The predicted molar refractivity (Wildman–Crippen MR) is 254 cm³/mol. The average molecular weight is 768 g/mol. The van der Waals surface area contributed by atoms with Crippen molar-refractivity contribution in [3.8, 4) is 34.1 Å². The highest BCUT2D eigenvalue weighted by molar-refractivity contribution is 8.04. The molecule has 0 saturated carbocycles. The van der Waals surface area contributed by atoms with Crippen LogP contribution < -0.4 is 4.90 Å². The van der Waals surface area contributed by atoms with Gasteiger partial charge in [0.2, 0.25) is 0 Å². The van der Waals surface area contributed by atoms with E-state index in [2.05, 4.69) is 209 Å². The average Bonchev–Trinajstić information content (AvgIpc) is 3.59. The second-order valence-corrected chi connectivity index (χ2v) is 18.0. The summed E-state index contributed by atoms with van der Waals surface area (Å²) in [5, 5.41) is 5.53. The lowest BCUT2D eigenvalue weighted by atomic mass is 9.83. The smallest absolute Gasteiger partial charge is 0.0493 e. The van der Waals surface area contributed by atoms with E-state index < -0.39 is 0 Å². The molecule has 9 rings (SSSR count). The first kappa shape index (κ1) is 37.6. The molecular weight excluding hydrogens is 719 g/mol. The molecule has 6 aromatic rings. The summed E-state index contributed by atoms with van der Waals surface area (Å²) >= 11 is 1.98. The molecule has 3 aliphatic rings. The van der Waals surface area contributed by atoms with Gasteiger partial charge < -0.3 is 4.90 Å². The molecule has 2 heteroatoms. The van der Waals surface area contributed by atoms with E-state index >= 15 is 0 Å². The second-order valence-electron chi connectivity index (χ2n) is 16.6. The fraction of sp³-hybridized carbons (Fsp3) is 0.179. The molecule has 0 saturated heterocycles. The van der Waals surface area contributed by atoms with Crippen LogP contribution in [0.1, 0.15) is 58.1 Å². The third-order valence-electron chi connectivity index (χ3n) is 11.7. The lowest BCUT2D eigenvalue weighted by Gasteiger charge is -2.26. The predicted octanol–water partition coefficient (Wildman–Crippen LogP) is 15.3. The third kappa shape index (κ3) is 7.21. The van der Waals surface area contributed by atoms with Crippen LogP contribution in [-0.4, -0.2) is 11.8 Å². The van der Waals surface area contributed by atoms with Crippen LogP contribution in [0.5, 0.6) is 0 Å². The van der Waals surface area contributed by atoms with Gasteiger partial charge in [-0.05, 0) is 109 Å². The number of benzene rings is 6. The molecule has 2 aliphatic heterocycles. The zero-order chi connectivity index (χ0) is 39.8. The molecule has 0 aromatic heterocycles. The van der Waals surface area contributed by atoms with Gasteiger partial charge in [-0.2, -0.15) is 0 Å². The van der Waals surface area contributed by atoms with Gasteiger partial charge in [-0.15, -0.1) is 11.8 Å². The highest BCUT2D eigenvalue weighted by atomic mass is 32.2. The summed E-state index contributed by atoms with van der Waals surface area (Å²) in [6.45, 7) is 14.4. The molecule has 284 valence electrons. The Morgan fingerprint density at radius 1 is 0.776 bits per heavy atom. The Kier molecular flexibility index (Phi) is 10.2. The van der Waals surface area contributed by atoms with E-state index in [1.54, 1.807) is 0 Å². The molecule has 0 amide bonds. The van der Waals surface area contributed by atoms with Gasteiger partial charge in [0.15, 0.2) is 0 Å². The van der Waals surface area contributed by atoms with Crippen LogP contribution in [0.2, 0.25) is 0 Å². The molecule has 6 aromatic carbocycles. The van der Waals surface area contributed by atoms with E-state index in [4.69, 9.17) is 0 Å². The molecule has 0 fully saturated rings. The minimum atomic E-state index is 0.105. The second kappa shape index (κ2) is 15.7. The summed E-state index contributed by atoms with van der Waals surface area (Å²) in [4.78, 5) is 3.88. The van der Waals surface area contributed by atoms with E-state index in [0.29, 0.717) is 5.25 Å². The number of allylic oxidation sites excluding steroid dienone is 9. The van der Waals surface area contributed by atoms with Crippen LogP contribution in [0, 0.1) is 11.8 Å². The van der Waals surface area contributed by atoms with Crippen molar-refractivity contribution in [1.29, 1.82) is 0 Å². The summed E-state index contributed by atoms with van der Waals surface area (Å²) in [5.41, 5.74) is 14.8. The van der Waals surface area contributed by atoms with Gasteiger partial charge in [0.25, 0.3) is 0 Å². The molecule has 0 spiro atoms. The van der Waals surface area contributed by atoms with Crippen LogP contribution in [0.3, 0.4) is 0 Å². The molecular formula is C56H49NS. The number of hydrogen-bond acceptors (Lipinski definition) is 2. The minimum Gasteiger partial charge on any atom is -0.337 e. The Bertz CT molecular complexity index is 2750. The number of nitrogens with zero attached hydrogens (tertiary/aromatic N) is 1. The van der Waals surface area contributed by atoms with Crippen LogP contribution >= 0.6 is 11.8 Å². The third-order valence-corrected chi connectivity index (χ3v) is 13.0. The van der Waals surface area contributed by atoms with Gasteiger partial charge in [0.1, 0.15) is 0 Å². The van der Waals surface area contributed by atoms with Crippen molar-refractivity contribution in [3.05, 3.63) is 197 Å². The Morgan fingerprint density at radius 2 is 1.38 bits per heavy atom. The fourth-order valence-electron chi connectivity index (χ4n) is 8.75. The summed E-state index contributed by atoms with van der Waals surface area (Å²) in [5.74, 6) is 6.72. The van der Waals surface area contributed by atoms with Gasteiger partial charge in [-0.25, -0.2) is 0 Å². The number of hydrogen-bond donors (Lipinski definition) is 0. The van der Waals surface area contributed by atoms with Crippen LogP contribution in [-0.2, 0) is 5.41 Å². The van der Waals surface area contributed by atoms with E-state index in [0.717, 1.165) is 48.3 Å². The molecule has 58 heavy (non-hydrogen) atoms. The Labute approximate surface area is 348 Å². The van der Waals surface area contributed by atoms with Crippen LogP contribution in [0.4, 0.5) is 11.4 Å². The van der Waals surface area contributed by atoms with Crippen molar-refractivity contribution in [1.82, 2.24) is 0 Å². The Balaban J connectivity index is 1.03. The minimum absolute atomic E-state index is 0.105. The topological polar surface area (TPSA) is 3.24 Å². The highest BCUT2D eigenvalue weighted by Gasteiger charge is 2.26. The number of anilines is 2. The van der Waals surface area contributed by atoms with Crippen molar-refractivity contribution < 1.29 is 0 Å². The normalized spacial score (nSPS) is 19.0. The number of thioether (sulfide) groups is 1. The van der Waals surface area contributed by atoms with Crippen molar-refractivity contribution >= 4 is 50.3 Å². The van der Waals surface area contributed by atoms with Gasteiger partial charge in [0, 0.05) is 45.6 Å². The van der Waals surface area contributed by atoms with Gasteiger partial charge in [-0.3, -0.25) is 0 Å². The lowest BCUT2D eigenvalue weighted by molar-refractivity contribution is 0.590. The molecule has 0 radical (unpaired) electrons. The van der Waals surface area contributed by atoms with E-state index in [9.17, 15) is 0 Å². The van der Waals surface area contributed by atoms with Gasteiger partial charge in [0.05, 0.1) is 0 Å². The number of para-hydroxylation sites is 1. The van der Waals surface area contributed by atoms with Crippen molar-refractivity contribution in [3.63, 3.8) is 0 Å². The SMILES string of the molecule is C=C1/C=C(C/C=C\C=C2\C3=C(CCC#C3)SC2C)\C=C/CN(c2ccc(-c3c4ccccc4c(-c4ccc(C(C)(C)C)cc4)c4ccccc34)cc2)c2ccccc21. The Morgan fingerprint density at radius 3 is 2.02 bits per heavy atom. The fourth-order valence-corrected chi connectivity index (χ4v) is 10.0. The van der Waals surface area contributed by atoms with Crippen LogP contribution in [0.25, 0.3) is 49.4 Å². The van der Waals surface area contributed by atoms with Crippen molar-refractivity contribution in [2.75, 3.05) is 11.4 Å². The zero-order valence-corrected chi connectivity index (χ0v) is 34.8. The first-order valence-corrected chi connectivity index (χ1v) is 21.5. The molecule has 1 nitrogen and oxygen atoms in total. The maximum Gasteiger partial charge on any atom is 0.0493 e. The largest absolute Gasteiger partial charge is 0.337 e. The monoisotopic (exact) mass is 767 g/mol. The summed E-state index contributed by atoms with van der Waals surface area (Å²) in [6, 6.07) is 44.9. The molecule has 0 N–H and O–H groups in total. The first-order valence-electron chi connectivity index (χ1n) is 20.6. The maximum absolute atomic E-state index is 4.58. The summed E-state index contributed by atoms with van der Waals surface area (Å²) < 4.78 is 0. The summed E-state index contributed by atoms with van der Waals surface area (Å²) in [7, 11) is 0. The molecule has 2 heterocycles. The van der Waals surface area contributed by atoms with E-state index in [1.165, 1.54) is 71.0 Å². The standard InChI is InChI=1S/C56H49NS/c1-38-37-40(17-6-7-20-46-39(2)58-53-27-15-13-21-47(46)53)18-16-36-57(52-26-14-12-19-45(38)52)44-34-30-42(31-35-44)55-50-24-10-8-22-48(50)54(49-23-9-11-25-51(49)55)41-28-32-43(33-29-41)56(3,4)5/h6-12,14,16,18-20,22-26,28-35,37,39H,1,15,17,27,36H2,2-5H3/b7-6-,18-16-,40-37-,46-20+. The summed E-state index contributed by atoms with van der Waals surface area (Å²) in [6.07, 6.45) is 16.5.